The highest BCUT2D eigenvalue weighted by atomic mass is 32.1. The molecule has 0 saturated heterocycles. The molecule has 1 N–H and O–H groups in total. The number of benzene rings is 1. The summed E-state index contributed by atoms with van der Waals surface area (Å²) in [6.07, 6.45) is 0. The lowest BCUT2D eigenvalue weighted by Gasteiger charge is -1.93. The summed E-state index contributed by atoms with van der Waals surface area (Å²) in [5.41, 5.74) is 0.805. The molecule has 66 valence electrons. The van der Waals surface area contributed by atoms with Crippen molar-refractivity contribution in [2.45, 2.75) is 0 Å². The molecule has 5 heteroatoms. The standard InChI is InChI=1S/C8H5NO3S/c10-8-9-4-1-5-6(12-3-11-5)2-7(4)13-8/h1-2H,3H2,(H,9,10). The fraction of sp³-hybridized carbons (Fsp3) is 0.125. The average Bonchev–Trinajstić information content (AvgIpc) is 2.63. The number of hydrogen-bond donors (Lipinski definition) is 1. The van der Waals surface area contributed by atoms with Crippen molar-refractivity contribution in [3.63, 3.8) is 0 Å². The van der Waals surface area contributed by atoms with Gasteiger partial charge in [-0.15, -0.1) is 0 Å². The number of rotatable bonds is 0. The second kappa shape index (κ2) is 2.26. The van der Waals surface area contributed by atoms with Crippen LogP contribution in [-0.4, -0.2) is 11.8 Å². The summed E-state index contributed by atoms with van der Waals surface area (Å²) < 4.78 is 11.3. The molecule has 0 aliphatic carbocycles. The van der Waals surface area contributed by atoms with Gasteiger partial charge in [0, 0.05) is 12.1 Å². The smallest absolute Gasteiger partial charge is 0.305 e. The minimum absolute atomic E-state index is 0.0568. The number of fused-ring (bicyclic) bond motifs is 2. The van der Waals surface area contributed by atoms with Crippen LogP contribution >= 0.6 is 11.3 Å². The summed E-state index contributed by atoms with van der Waals surface area (Å²) in [7, 11) is 0. The summed E-state index contributed by atoms with van der Waals surface area (Å²) in [6, 6.07) is 3.61. The van der Waals surface area contributed by atoms with Gasteiger partial charge in [0.25, 0.3) is 0 Å². The van der Waals surface area contributed by atoms with Gasteiger partial charge in [0.1, 0.15) is 0 Å². The molecular formula is C8H5NO3S. The molecule has 0 radical (unpaired) electrons. The normalized spacial score (nSPS) is 13.8. The van der Waals surface area contributed by atoms with Gasteiger partial charge < -0.3 is 14.5 Å². The van der Waals surface area contributed by atoms with E-state index in [9.17, 15) is 4.79 Å². The highest BCUT2D eigenvalue weighted by Crippen LogP contribution is 2.35. The van der Waals surface area contributed by atoms with Gasteiger partial charge in [-0.2, -0.15) is 0 Å². The molecule has 1 aliphatic heterocycles. The summed E-state index contributed by atoms with van der Waals surface area (Å²) in [5, 5.41) is 0. The molecule has 1 aromatic heterocycles. The molecule has 13 heavy (non-hydrogen) atoms. The van der Waals surface area contributed by atoms with Crippen molar-refractivity contribution in [3.05, 3.63) is 21.8 Å². The Bertz CT molecular complexity index is 484. The molecule has 0 unspecified atom stereocenters. The van der Waals surface area contributed by atoms with E-state index >= 15 is 0 Å². The van der Waals surface area contributed by atoms with Gasteiger partial charge in [-0.25, -0.2) is 0 Å². The fourth-order valence-electron chi connectivity index (χ4n) is 1.34. The first-order valence-corrected chi connectivity index (χ1v) is 4.57. The number of aromatic amines is 1. The zero-order valence-corrected chi connectivity index (χ0v) is 7.31. The Kier molecular flexibility index (Phi) is 1.21. The van der Waals surface area contributed by atoms with Crippen LogP contribution in [0.1, 0.15) is 0 Å². The molecule has 0 amide bonds. The van der Waals surface area contributed by atoms with Gasteiger partial charge in [0.2, 0.25) is 6.79 Å². The molecule has 1 aliphatic rings. The number of nitrogens with one attached hydrogen (secondary N) is 1. The van der Waals surface area contributed by atoms with Gasteiger partial charge in [0.15, 0.2) is 11.5 Å². The van der Waals surface area contributed by atoms with E-state index in [4.69, 9.17) is 9.47 Å². The number of H-pyrrole nitrogens is 1. The van der Waals surface area contributed by atoms with E-state index < -0.39 is 0 Å². The molecule has 2 aromatic rings. The third-order valence-corrected chi connectivity index (χ3v) is 2.76. The molecule has 0 fully saturated rings. The quantitative estimate of drug-likeness (QED) is 0.689. The Morgan fingerprint density at radius 2 is 2.08 bits per heavy atom. The second-order valence-corrected chi connectivity index (χ2v) is 3.73. The van der Waals surface area contributed by atoms with E-state index in [1.165, 1.54) is 11.3 Å². The zero-order valence-electron chi connectivity index (χ0n) is 6.49. The first kappa shape index (κ1) is 6.97. The Morgan fingerprint density at radius 3 is 2.92 bits per heavy atom. The van der Waals surface area contributed by atoms with Gasteiger partial charge in [-0.05, 0) is 0 Å². The maximum absolute atomic E-state index is 11.0. The summed E-state index contributed by atoms with van der Waals surface area (Å²) >= 11 is 1.17. The van der Waals surface area contributed by atoms with E-state index in [0.717, 1.165) is 10.2 Å². The summed E-state index contributed by atoms with van der Waals surface area (Å²) in [6.45, 7) is 0.261. The van der Waals surface area contributed by atoms with Gasteiger partial charge in [-0.1, -0.05) is 11.3 Å². The lowest BCUT2D eigenvalue weighted by molar-refractivity contribution is 0.174. The molecule has 1 aromatic carbocycles. The molecular weight excluding hydrogens is 190 g/mol. The number of ether oxygens (including phenoxy) is 2. The molecule has 3 rings (SSSR count). The second-order valence-electron chi connectivity index (χ2n) is 2.72. The van der Waals surface area contributed by atoms with Crippen molar-refractivity contribution < 1.29 is 9.47 Å². The van der Waals surface area contributed by atoms with E-state index in [0.29, 0.717) is 11.5 Å². The van der Waals surface area contributed by atoms with Crippen LogP contribution in [0, 0.1) is 0 Å². The SMILES string of the molecule is O=c1[nH]c2cc3c(cc2s1)OCO3. The van der Waals surface area contributed by atoms with E-state index in [1.807, 2.05) is 6.07 Å². The molecule has 0 bridgehead atoms. The van der Waals surface area contributed by atoms with Crippen molar-refractivity contribution in [3.8, 4) is 11.5 Å². The van der Waals surface area contributed by atoms with Crippen LogP contribution in [0.5, 0.6) is 11.5 Å². The topological polar surface area (TPSA) is 51.3 Å². The van der Waals surface area contributed by atoms with E-state index in [2.05, 4.69) is 4.98 Å². The summed E-state index contributed by atoms with van der Waals surface area (Å²) in [4.78, 5) is 13.7. The summed E-state index contributed by atoms with van der Waals surface area (Å²) in [5.74, 6) is 1.41. The Hall–Kier alpha value is -1.49. The van der Waals surface area contributed by atoms with Crippen molar-refractivity contribution in [2.75, 3.05) is 6.79 Å². The highest BCUT2D eigenvalue weighted by Gasteiger charge is 2.15. The molecule has 2 heterocycles. The highest BCUT2D eigenvalue weighted by molar-refractivity contribution is 7.16. The van der Waals surface area contributed by atoms with Crippen molar-refractivity contribution in [2.24, 2.45) is 0 Å². The van der Waals surface area contributed by atoms with Crippen molar-refractivity contribution in [1.82, 2.24) is 4.98 Å². The maximum atomic E-state index is 11.0. The monoisotopic (exact) mass is 195 g/mol. The Morgan fingerprint density at radius 1 is 1.31 bits per heavy atom. The molecule has 0 saturated carbocycles. The third kappa shape index (κ3) is 0.936. The lowest BCUT2D eigenvalue weighted by Crippen LogP contribution is -1.93. The molecule has 0 atom stereocenters. The fourth-order valence-corrected chi connectivity index (χ4v) is 2.09. The first-order chi connectivity index (χ1) is 6.33. The Balaban J connectivity index is 2.41. The van der Waals surface area contributed by atoms with Gasteiger partial charge >= 0.3 is 4.87 Å². The lowest BCUT2D eigenvalue weighted by atomic mass is 10.3. The average molecular weight is 195 g/mol. The predicted octanol–water partition coefficient (Wildman–Crippen LogP) is 1.32. The molecule has 4 nitrogen and oxygen atoms in total. The predicted molar refractivity (Wildman–Crippen MR) is 48.6 cm³/mol. The molecule has 0 spiro atoms. The Labute approximate surface area is 76.7 Å². The van der Waals surface area contributed by atoms with E-state index in [-0.39, 0.29) is 11.7 Å². The minimum atomic E-state index is -0.0568. The third-order valence-electron chi connectivity index (χ3n) is 1.91. The number of thiazole rings is 1. The van der Waals surface area contributed by atoms with Crippen LogP contribution in [0.15, 0.2) is 16.9 Å². The zero-order chi connectivity index (χ0) is 8.84. The van der Waals surface area contributed by atoms with Crippen LogP contribution in [-0.2, 0) is 0 Å². The van der Waals surface area contributed by atoms with Crippen LogP contribution in [0.2, 0.25) is 0 Å². The van der Waals surface area contributed by atoms with Crippen LogP contribution in [0.25, 0.3) is 10.2 Å². The van der Waals surface area contributed by atoms with Crippen LogP contribution in [0.4, 0.5) is 0 Å². The largest absolute Gasteiger partial charge is 0.454 e. The van der Waals surface area contributed by atoms with E-state index in [1.54, 1.807) is 6.07 Å². The minimum Gasteiger partial charge on any atom is -0.454 e. The number of hydrogen-bond acceptors (Lipinski definition) is 4. The first-order valence-electron chi connectivity index (χ1n) is 3.75. The maximum Gasteiger partial charge on any atom is 0.305 e. The van der Waals surface area contributed by atoms with Crippen molar-refractivity contribution in [1.29, 1.82) is 0 Å². The van der Waals surface area contributed by atoms with Crippen molar-refractivity contribution >= 4 is 21.6 Å². The van der Waals surface area contributed by atoms with Gasteiger partial charge in [-0.3, -0.25) is 4.79 Å². The van der Waals surface area contributed by atoms with Crippen LogP contribution < -0.4 is 14.3 Å². The van der Waals surface area contributed by atoms with Gasteiger partial charge in [0.05, 0.1) is 10.2 Å². The van der Waals surface area contributed by atoms with Crippen LogP contribution in [0.3, 0.4) is 0 Å². The number of aromatic nitrogens is 1.